The second-order valence-electron chi connectivity index (χ2n) is 5.21. The van der Waals surface area contributed by atoms with Crippen LogP contribution in [0, 0.1) is 5.41 Å². The van der Waals surface area contributed by atoms with Crippen LogP contribution in [0.25, 0.3) is 0 Å². The SMILES string of the molecule is CC(C)(C)CC(N)CNC1CC1. The molecule has 0 aliphatic heterocycles. The summed E-state index contributed by atoms with van der Waals surface area (Å²) in [6, 6.07) is 1.11. The number of nitrogens with one attached hydrogen (secondary N) is 1. The lowest BCUT2D eigenvalue weighted by atomic mass is 9.88. The van der Waals surface area contributed by atoms with E-state index in [1.54, 1.807) is 0 Å². The number of nitrogens with two attached hydrogens (primary N) is 1. The summed E-state index contributed by atoms with van der Waals surface area (Å²) >= 11 is 0. The molecule has 0 aromatic rings. The van der Waals surface area contributed by atoms with Gasteiger partial charge >= 0.3 is 0 Å². The van der Waals surface area contributed by atoms with Crippen molar-refractivity contribution in [3.8, 4) is 0 Å². The third-order valence-electron chi connectivity index (χ3n) is 2.12. The molecule has 1 unspecified atom stereocenters. The molecule has 0 heterocycles. The Kier molecular flexibility index (Phi) is 3.13. The molecule has 1 aliphatic rings. The van der Waals surface area contributed by atoms with Gasteiger partial charge < -0.3 is 11.1 Å². The van der Waals surface area contributed by atoms with Gasteiger partial charge in [-0.05, 0) is 24.7 Å². The standard InChI is InChI=1S/C10H22N2/c1-10(2,3)6-8(11)7-12-9-4-5-9/h8-9,12H,4-7,11H2,1-3H3. The van der Waals surface area contributed by atoms with Crippen LogP contribution in [0.4, 0.5) is 0 Å². The summed E-state index contributed by atoms with van der Waals surface area (Å²) in [4.78, 5) is 0. The van der Waals surface area contributed by atoms with Gasteiger partial charge in [0.05, 0.1) is 0 Å². The molecular weight excluding hydrogens is 148 g/mol. The van der Waals surface area contributed by atoms with Crippen molar-refractivity contribution in [3.63, 3.8) is 0 Å². The first-order valence-corrected chi connectivity index (χ1v) is 4.96. The van der Waals surface area contributed by atoms with E-state index in [9.17, 15) is 0 Å². The molecular formula is C10H22N2. The molecule has 12 heavy (non-hydrogen) atoms. The summed E-state index contributed by atoms with van der Waals surface area (Å²) in [5, 5.41) is 3.45. The molecule has 72 valence electrons. The minimum Gasteiger partial charge on any atom is -0.327 e. The molecule has 0 amide bonds. The van der Waals surface area contributed by atoms with E-state index < -0.39 is 0 Å². The van der Waals surface area contributed by atoms with Crippen molar-refractivity contribution in [2.75, 3.05) is 6.54 Å². The summed E-state index contributed by atoms with van der Waals surface area (Å²) < 4.78 is 0. The van der Waals surface area contributed by atoms with Crippen LogP contribution >= 0.6 is 0 Å². The first-order chi connectivity index (χ1) is 5.47. The first kappa shape index (κ1) is 10.0. The van der Waals surface area contributed by atoms with Crippen LogP contribution in [-0.2, 0) is 0 Å². The van der Waals surface area contributed by atoms with Crippen molar-refractivity contribution < 1.29 is 0 Å². The summed E-state index contributed by atoms with van der Waals surface area (Å²) in [7, 11) is 0. The van der Waals surface area contributed by atoms with Gasteiger partial charge in [-0.3, -0.25) is 0 Å². The lowest BCUT2D eigenvalue weighted by Gasteiger charge is -2.23. The fourth-order valence-corrected chi connectivity index (χ4v) is 1.46. The molecule has 1 rings (SSSR count). The van der Waals surface area contributed by atoms with Crippen LogP contribution in [0.5, 0.6) is 0 Å². The highest BCUT2D eigenvalue weighted by molar-refractivity contribution is 4.83. The predicted molar refractivity (Wildman–Crippen MR) is 53.1 cm³/mol. The van der Waals surface area contributed by atoms with Crippen molar-refractivity contribution in [2.45, 2.75) is 52.1 Å². The molecule has 3 N–H and O–H groups in total. The smallest absolute Gasteiger partial charge is 0.0170 e. The first-order valence-electron chi connectivity index (χ1n) is 4.96. The molecule has 1 saturated carbocycles. The summed E-state index contributed by atoms with van der Waals surface area (Å²) in [5.41, 5.74) is 6.34. The quantitative estimate of drug-likeness (QED) is 0.671. The Balaban J connectivity index is 2.05. The van der Waals surface area contributed by atoms with Crippen molar-refractivity contribution in [1.29, 1.82) is 0 Å². The Morgan fingerprint density at radius 3 is 2.42 bits per heavy atom. The molecule has 2 nitrogen and oxygen atoms in total. The third kappa shape index (κ3) is 4.73. The Morgan fingerprint density at radius 2 is 2.00 bits per heavy atom. The van der Waals surface area contributed by atoms with Gasteiger partial charge in [0.2, 0.25) is 0 Å². The van der Waals surface area contributed by atoms with Gasteiger partial charge in [0.1, 0.15) is 0 Å². The molecule has 0 aromatic heterocycles. The van der Waals surface area contributed by atoms with Crippen molar-refractivity contribution in [3.05, 3.63) is 0 Å². The predicted octanol–water partition coefficient (Wildman–Crippen LogP) is 1.50. The topological polar surface area (TPSA) is 38.0 Å². The number of hydrogen-bond acceptors (Lipinski definition) is 2. The van der Waals surface area contributed by atoms with Gasteiger partial charge in [0, 0.05) is 18.6 Å². The fourth-order valence-electron chi connectivity index (χ4n) is 1.46. The van der Waals surface area contributed by atoms with Gasteiger partial charge in [0.25, 0.3) is 0 Å². The zero-order valence-corrected chi connectivity index (χ0v) is 8.56. The fraction of sp³-hybridized carbons (Fsp3) is 1.00. The second-order valence-corrected chi connectivity index (χ2v) is 5.21. The monoisotopic (exact) mass is 170 g/mol. The maximum absolute atomic E-state index is 5.97. The van der Waals surface area contributed by atoms with Crippen molar-refractivity contribution >= 4 is 0 Å². The Morgan fingerprint density at radius 1 is 1.42 bits per heavy atom. The van der Waals surface area contributed by atoms with E-state index in [1.165, 1.54) is 12.8 Å². The summed E-state index contributed by atoms with van der Waals surface area (Å²) in [6.45, 7) is 7.71. The largest absolute Gasteiger partial charge is 0.327 e. The van der Waals surface area contributed by atoms with E-state index >= 15 is 0 Å². The minimum absolute atomic E-state index is 0.325. The zero-order valence-electron chi connectivity index (χ0n) is 8.56. The Bertz CT molecular complexity index is 133. The zero-order chi connectivity index (χ0) is 9.19. The molecule has 0 aromatic carbocycles. The normalized spacial score (nSPS) is 21.0. The molecule has 0 spiro atoms. The van der Waals surface area contributed by atoms with Crippen LogP contribution in [-0.4, -0.2) is 18.6 Å². The van der Waals surface area contributed by atoms with E-state index in [-0.39, 0.29) is 0 Å². The number of rotatable bonds is 4. The van der Waals surface area contributed by atoms with Crippen LogP contribution in [0.2, 0.25) is 0 Å². The molecule has 0 saturated heterocycles. The van der Waals surface area contributed by atoms with E-state index in [2.05, 4.69) is 26.1 Å². The molecule has 0 radical (unpaired) electrons. The van der Waals surface area contributed by atoms with Crippen LogP contribution in [0.3, 0.4) is 0 Å². The highest BCUT2D eigenvalue weighted by Crippen LogP contribution is 2.21. The molecule has 0 bridgehead atoms. The van der Waals surface area contributed by atoms with Gasteiger partial charge in [-0.1, -0.05) is 20.8 Å². The summed E-state index contributed by atoms with van der Waals surface area (Å²) in [5.74, 6) is 0. The number of hydrogen-bond donors (Lipinski definition) is 2. The third-order valence-corrected chi connectivity index (χ3v) is 2.12. The van der Waals surface area contributed by atoms with Gasteiger partial charge in [0.15, 0.2) is 0 Å². The maximum atomic E-state index is 5.97. The lowest BCUT2D eigenvalue weighted by Crippen LogP contribution is -2.37. The average molecular weight is 170 g/mol. The highest BCUT2D eigenvalue weighted by Gasteiger charge is 2.22. The van der Waals surface area contributed by atoms with Gasteiger partial charge in [-0.25, -0.2) is 0 Å². The van der Waals surface area contributed by atoms with E-state index in [0.717, 1.165) is 19.0 Å². The van der Waals surface area contributed by atoms with Crippen LogP contribution in [0.1, 0.15) is 40.0 Å². The Hall–Kier alpha value is -0.0800. The van der Waals surface area contributed by atoms with Gasteiger partial charge in [-0.2, -0.15) is 0 Å². The molecule has 1 atom stereocenters. The van der Waals surface area contributed by atoms with Crippen LogP contribution < -0.4 is 11.1 Å². The van der Waals surface area contributed by atoms with Gasteiger partial charge in [-0.15, -0.1) is 0 Å². The van der Waals surface area contributed by atoms with Crippen molar-refractivity contribution in [2.24, 2.45) is 11.1 Å². The molecule has 1 fully saturated rings. The van der Waals surface area contributed by atoms with E-state index in [4.69, 9.17) is 5.73 Å². The Labute approximate surface area is 75.9 Å². The van der Waals surface area contributed by atoms with Crippen molar-refractivity contribution in [1.82, 2.24) is 5.32 Å². The summed E-state index contributed by atoms with van der Waals surface area (Å²) in [6.07, 6.45) is 3.80. The molecule has 2 heteroatoms. The van der Waals surface area contributed by atoms with E-state index in [0.29, 0.717) is 11.5 Å². The average Bonchev–Trinajstić information content (AvgIpc) is 2.61. The molecule has 1 aliphatic carbocycles. The van der Waals surface area contributed by atoms with E-state index in [1.807, 2.05) is 0 Å². The maximum Gasteiger partial charge on any atom is 0.0170 e. The lowest BCUT2D eigenvalue weighted by molar-refractivity contribution is 0.332. The second kappa shape index (κ2) is 3.75. The van der Waals surface area contributed by atoms with Crippen LogP contribution in [0.15, 0.2) is 0 Å². The minimum atomic E-state index is 0.325. The highest BCUT2D eigenvalue weighted by atomic mass is 15.0.